The van der Waals surface area contributed by atoms with E-state index in [0.717, 1.165) is 19.4 Å². The molecule has 6 heteroatoms. The summed E-state index contributed by atoms with van der Waals surface area (Å²) >= 11 is 6.32. The normalized spacial score (nSPS) is 17.4. The number of nitrogens with zero attached hydrogens (tertiary/aromatic N) is 1. The smallest absolute Gasteiger partial charge is 0.254 e. The maximum absolute atomic E-state index is 12.7. The van der Waals surface area contributed by atoms with Crippen molar-refractivity contribution < 1.29 is 14.3 Å². The predicted octanol–water partition coefficient (Wildman–Crippen LogP) is 2.95. The van der Waals surface area contributed by atoms with Gasteiger partial charge in [-0.15, -0.1) is 0 Å². The fourth-order valence-corrected chi connectivity index (χ4v) is 2.96. The van der Waals surface area contributed by atoms with Crippen LogP contribution < -0.4 is 15.2 Å². The highest BCUT2D eigenvalue weighted by Crippen LogP contribution is 2.37. The average molecular weight is 341 g/mol. The molecule has 1 aliphatic heterocycles. The van der Waals surface area contributed by atoms with Crippen LogP contribution in [0.15, 0.2) is 12.1 Å². The number of nitrogens with two attached hydrogens (primary N) is 1. The standard InChI is InChI=1S/C17H25ClN2O3/c1-3-7-23-16-14(18)8-13(9-15(16)22-4-2)17(21)20-6-5-12(10-19)11-20/h8-9,12H,3-7,10-11,19H2,1-2H3. The van der Waals surface area contributed by atoms with Crippen molar-refractivity contribution in [3.63, 3.8) is 0 Å². The Labute approximate surface area is 142 Å². The summed E-state index contributed by atoms with van der Waals surface area (Å²) in [4.78, 5) is 14.5. The lowest BCUT2D eigenvalue weighted by molar-refractivity contribution is 0.0787. The first-order valence-electron chi connectivity index (χ1n) is 8.19. The van der Waals surface area contributed by atoms with Gasteiger partial charge in [-0.25, -0.2) is 0 Å². The van der Waals surface area contributed by atoms with E-state index in [0.29, 0.717) is 54.3 Å². The van der Waals surface area contributed by atoms with Crippen molar-refractivity contribution >= 4 is 17.5 Å². The Balaban J connectivity index is 2.23. The molecule has 0 radical (unpaired) electrons. The highest BCUT2D eigenvalue weighted by Gasteiger charge is 2.27. The zero-order valence-electron chi connectivity index (χ0n) is 13.8. The molecule has 1 atom stereocenters. The van der Waals surface area contributed by atoms with Crippen molar-refractivity contribution in [3.05, 3.63) is 22.7 Å². The van der Waals surface area contributed by atoms with Crippen LogP contribution in [0.2, 0.25) is 5.02 Å². The number of carbonyl (C=O) groups excluding carboxylic acids is 1. The van der Waals surface area contributed by atoms with Crippen molar-refractivity contribution in [3.8, 4) is 11.5 Å². The molecule has 1 unspecified atom stereocenters. The topological polar surface area (TPSA) is 64.8 Å². The van der Waals surface area contributed by atoms with Gasteiger partial charge in [0.25, 0.3) is 5.91 Å². The molecule has 0 bridgehead atoms. The van der Waals surface area contributed by atoms with Gasteiger partial charge in [-0.1, -0.05) is 18.5 Å². The molecular weight excluding hydrogens is 316 g/mol. The van der Waals surface area contributed by atoms with E-state index in [4.69, 9.17) is 26.8 Å². The number of ether oxygens (including phenoxy) is 2. The molecule has 0 aliphatic carbocycles. The lowest BCUT2D eigenvalue weighted by Crippen LogP contribution is -2.29. The molecule has 1 aliphatic rings. The molecule has 1 aromatic carbocycles. The van der Waals surface area contributed by atoms with E-state index >= 15 is 0 Å². The van der Waals surface area contributed by atoms with Crippen LogP contribution in [0.5, 0.6) is 11.5 Å². The quantitative estimate of drug-likeness (QED) is 0.828. The minimum absolute atomic E-state index is 0.0363. The van der Waals surface area contributed by atoms with Crippen molar-refractivity contribution in [1.29, 1.82) is 0 Å². The molecule has 1 aromatic rings. The van der Waals surface area contributed by atoms with Crippen LogP contribution in [0.3, 0.4) is 0 Å². The molecule has 128 valence electrons. The molecule has 0 aromatic heterocycles. The Morgan fingerprint density at radius 3 is 2.78 bits per heavy atom. The maximum atomic E-state index is 12.7. The Morgan fingerprint density at radius 1 is 1.39 bits per heavy atom. The van der Waals surface area contributed by atoms with Gasteiger partial charge < -0.3 is 20.1 Å². The number of benzene rings is 1. The number of halogens is 1. The second-order valence-electron chi connectivity index (χ2n) is 5.71. The lowest BCUT2D eigenvalue weighted by Gasteiger charge is -2.19. The molecule has 0 saturated carbocycles. The summed E-state index contributed by atoms with van der Waals surface area (Å²) in [6, 6.07) is 3.38. The molecule has 0 spiro atoms. The Morgan fingerprint density at radius 2 is 2.17 bits per heavy atom. The maximum Gasteiger partial charge on any atom is 0.254 e. The molecule has 2 rings (SSSR count). The van der Waals surface area contributed by atoms with E-state index in [1.807, 2.05) is 18.7 Å². The molecule has 1 heterocycles. The van der Waals surface area contributed by atoms with Crippen molar-refractivity contribution in [2.75, 3.05) is 32.8 Å². The molecule has 5 nitrogen and oxygen atoms in total. The van der Waals surface area contributed by atoms with Crippen LogP contribution >= 0.6 is 11.6 Å². The third-order valence-electron chi connectivity index (χ3n) is 3.91. The van der Waals surface area contributed by atoms with E-state index < -0.39 is 0 Å². The van der Waals surface area contributed by atoms with Gasteiger partial charge in [0.1, 0.15) is 0 Å². The van der Waals surface area contributed by atoms with Gasteiger partial charge in [0.2, 0.25) is 0 Å². The van der Waals surface area contributed by atoms with Crippen molar-refractivity contribution in [2.24, 2.45) is 11.7 Å². The zero-order valence-corrected chi connectivity index (χ0v) is 14.6. The third kappa shape index (κ3) is 4.30. The van der Waals surface area contributed by atoms with Crippen LogP contribution in [0, 0.1) is 5.92 Å². The number of hydrogen-bond donors (Lipinski definition) is 1. The molecule has 1 fully saturated rings. The second kappa shape index (κ2) is 8.41. The van der Waals surface area contributed by atoms with Crippen LogP contribution in [0.25, 0.3) is 0 Å². The van der Waals surface area contributed by atoms with Gasteiger partial charge in [-0.3, -0.25) is 4.79 Å². The van der Waals surface area contributed by atoms with Crippen LogP contribution in [-0.2, 0) is 0 Å². The van der Waals surface area contributed by atoms with Crippen molar-refractivity contribution in [1.82, 2.24) is 4.90 Å². The van der Waals surface area contributed by atoms with E-state index in [1.54, 1.807) is 12.1 Å². The third-order valence-corrected chi connectivity index (χ3v) is 4.19. The van der Waals surface area contributed by atoms with Crippen molar-refractivity contribution in [2.45, 2.75) is 26.7 Å². The van der Waals surface area contributed by atoms with Gasteiger partial charge >= 0.3 is 0 Å². The van der Waals surface area contributed by atoms with Gasteiger partial charge in [0.15, 0.2) is 11.5 Å². The fraction of sp³-hybridized carbons (Fsp3) is 0.588. The minimum atomic E-state index is -0.0363. The molecule has 1 amide bonds. The number of carbonyl (C=O) groups is 1. The number of amides is 1. The highest BCUT2D eigenvalue weighted by molar-refractivity contribution is 6.32. The molecule has 23 heavy (non-hydrogen) atoms. The summed E-state index contributed by atoms with van der Waals surface area (Å²) in [6.07, 6.45) is 1.82. The van der Waals surface area contributed by atoms with E-state index in [9.17, 15) is 4.79 Å². The second-order valence-corrected chi connectivity index (χ2v) is 6.12. The number of likely N-dealkylation sites (tertiary alicyclic amines) is 1. The summed E-state index contributed by atoms with van der Waals surface area (Å²) < 4.78 is 11.3. The highest BCUT2D eigenvalue weighted by atomic mass is 35.5. The lowest BCUT2D eigenvalue weighted by atomic mass is 10.1. The summed E-state index contributed by atoms with van der Waals surface area (Å²) in [6.45, 7) is 6.98. The monoisotopic (exact) mass is 340 g/mol. The van der Waals surface area contributed by atoms with Gasteiger partial charge in [0.05, 0.1) is 18.2 Å². The Kier molecular flexibility index (Phi) is 6.54. The Hall–Kier alpha value is -1.46. The first-order valence-corrected chi connectivity index (χ1v) is 8.56. The molecule has 2 N–H and O–H groups in total. The van der Waals surface area contributed by atoms with Crippen LogP contribution in [0.4, 0.5) is 0 Å². The fourth-order valence-electron chi connectivity index (χ4n) is 2.69. The molecular formula is C17H25ClN2O3. The van der Waals surface area contributed by atoms with Crippen LogP contribution in [-0.4, -0.2) is 43.7 Å². The Bertz CT molecular complexity index is 551. The van der Waals surface area contributed by atoms with Crippen LogP contribution in [0.1, 0.15) is 37.0 Å². The summed E-state index contributed by atoms with van der Waals surface area (Å²) in [5, 5.41) is 0.405. The van der Waals surface area contributed by atoms with E-state index in [1.165, 1.54) is 0 Å². The average Bonchev–Trinajstić information content (AvgIpc) is 3.02. The van der Waals surface area contributed by atoms with Gasteiger partial charge in [0, 0.05) is 18.7 Å². The van der Waals surface area contributed by atoms with E-state index in [2.05, 4.69) is 0 Å². The number of rotatable bonds is 7. The largest absolute Gasteiger partial charge is 0.490 e. The minimum Gasteiger partial charge on any atom is -0.490 e. The zero-order chi connectivity index (χ0) is 16.8. The van der Waals surface area contributed by atoms with Gasteiger partial charge in [-0.05, 0) is 44.4 Å². The predicted molar refractivity (Wildman–Crippen MR) is 91.5 cm³/mol. The first kappa shape index (κ1) is 17.9. The van der Waals surface area contributed by atoms with Gasteiger partial charge in [-0.2, -0.15) is 0 Å². The summed E-state index contributed by atoms with van der Waals surface area (Å²) in [7, 11) is 0. The summed E-state index contributed by atoms with van der Waals surface area (Å²) in [5.74, 6) is 1.37. The summed E-state index contributed by atoms with van der Waals surface area (Å²) in [5.41, 5.74) is 6.22. The SMILES string of the molecule is CCCOc1c(Cl)cc(C(=O)N2CCC(CN)C2)cc1OCC. The molecule has 1 saturated heterocycles. The van der Waals surface area contributed by atoms with E-state index in [-0.39, 0.29) is 5.91 Å². The number of hydrogen-bond acceptors (Lipinski definition) is 4. The first-order chi connectivity index (χ1) is 11.1.